The predicted molar refractivity (Wildman–Crippen MR) is 40.7 cm³/mol. The first kappa shape index (κ1) is 5.48. The van der Waals surface area contributed by atoms with Crippen LogP contribution in [0.3, 0.4) is 0 Å². The summed E-state index contributed by atoms with van der Waals surface area (Å²) in [6, 6.07) is 17.9. The average molecular weight is 126 g/mol. The van der Waals surface area contributed by atoms with E-state index in [4.69, 9.17) is 0 Å². The molecule has 0 saturated heterocycles. The van der Waals surface area contributed by atoms with E-state index in [-0.39, 0.29) is 0 Å². The summed E-state index contributed by atoms with van der Waals surface area (Å²) in [5.74, 6) is 0. The Hall–Kier alpha value is -1.30. The Morgan fingerprint density at radius 3 is 2.00 bits per heavy atom. The van der Waals surface area contributed by atoms with Crippen molar-refractivity contribution in [3.8, 4) is 11.1 Å². The lowest BCUT2D eigenvalue weighted by atomic mass is 10.2. The van der Waals surface area contributed by atoms with E-state index in [0.717, 1.165) is 0 Å². The Labute approximate surface area is 60.5 Å². The molecule has 0 bridgehead atoms. The molecule has 0 N–H and O–H groups in total. The molecule has 0 saturated carbocycles. The van der Waals surface area contributed by atoms with Crippen molar-refractivity contribution >= 4 is 0 Å². The van der Waals surface area contributed by atoms with Crippen LogP contribution in [0, 0.1) is 12.1 Å². The fourth-order valence-corrected chi connectivity index (χ4v) is 1.01. The Kier molecular flexibility index (Phi) is 1.17. The molecule has 0 aromatic carbocycles. The molecule has 0 aromatic heterocycles. The third kappa shape index (κ3) is 0.781. The van der Waals surface area contributed by atoms with Crippen molar-refractivity contribution < 1.29 is 0 Å². The van der Waals surface area contributed by atoms with Crippen molar-refractivity contribution in [2.24, 2.45) is 0 Å². The first-order valence-electron chi connectivity index (χ1n) is 3.23. The average Bonchev–Trinajstić information content (AvgIpc) is 2.28. The van der Waals surface area contributed by atoms with Gasteiger partial charge in [0.2, 0.25) is 0 Å². The van der Waals surface area contributed by atoms with Gasteiger partial charge in [0.25, 0.3) is 0 Å². The van der Waals surface area contributed by atoms with Crippen molar-refractivity contribution in [1.82, 2.24) is 0 Å². The van der Waals surface area contributed by atoms with Crippen LogP contribution in [0.2, 0.25) is 0 Å². The smallest absolute Gasteiger partial charge is 0.0171 e. The van der Waals surface area contributed by atoms with Gasteiger partial charge in [-0.05, 0) is 35.4 Å². The van der Waals surface area contributed by atoms with Gasteiger partial charge >= 0.3 is 0 Å². The maximum absolute atomic E-state index is 3.04. The molecule has 0 spiro atoms. The van der Waals surface area contributed by atoms with Gasteiger partial charge in [0.15, 0.2) is 0 Å². The standard InChI is InChI=1S/C10H6/c1-2-5-9-7-4-8-10(9)6-3-1/h2-3,5-8H. The van der Waals surface area contributed by atoms with Gasteiger partial charge in [-0.15, -0.1) is 0 Å². The summed E-state index contributed by atoms with van der Waals surface area (Å²) in [6.07, 6.45) is 0. The van der Waals surface area contributed by atoms with Crippen molar-refractivity contribution in [2.75, 3.05) is 0 Å². The first-order chi connectivity index (χ1) is 4.97. The lowest BCUT2D eigenvalue weighted by Gasteiger charge is -1.85. The molecule has 0 unspecified atom stereocenters. The van der Waals surface area contributed by atoms with Crippen molar-refractivity contribution in [1.29, 1.82) is 0 Å². The molecule has 0 fully saturated rings. The van der Waals surface area contributed by atoms with Gasteiger partial charge in [-0.25, -0.2) is 0 Å². The van der Waals surface area contributed by atoms with E-state index in [2.05, 4.69) is 12.1 Å². The summed E-state index contributed by atoms with van der Waals surface area (Å²) in [5.41, 5.74) is 2.45. The number of hydrogen-bond donors (Lipinski definition) is 0. The maximum atomic E-state index is 3.04. The van der Waals surface area contributed by atoms with E-state index in [1.165, 1.54) is 11.1 Å². The monoisotopic (exact) mass is 126 g/mol. The van der Waals surface area contributed by atoms with Gasteiger partial charge in [-0.1, -0.05) is 24.3 Å². The molecule has 0 nitrogen and oxygen atoms in total. The molecular formula is C10H6. The van der Waals surface area contributed by atoms with E-state index in [9.17, 15) is 0 Å². The SMILES string of the molecule is [c]1ccc2c[c]cc-2cc1. The molecule has 2 radical (unpaired) electrons. The molecule has 0 atom stereocenters. The molecule has 0 aliphatic heterocycles. The minimum Gasteiger partial charge on any atom is -0.0538 e. The zero-order chi connectivity index (χ0) is 6.81. The summed E-state index contributed by atoms with van der Waals surface area (Å²) >= 11 is 0. The maximum Gasteiger partial charge on any atom is -0.0171 e. The summed E-state index contributed by atoms with van der Waals surface area (Å²) in [7, 11) is 0. The van der Waals surface area contributed by atoms with E-state index in [1.54, 1.807) is 0 Å². The summed E-state index contributed by atoms with van der Waals surface area (Å²) < 4.78 is 0. The molecule has 2 rings (SSSR count). The molecule has 0 heterocycles. The van der Waals surface area contributed by atoms with Gasteiger partial charge in [-0.2, -0.15) is 0 Å². The number of hydrogen-bond acceptors (Lipinski definition) is 0. The second-order valence-corrected chi connectivity index (χ2v) is 2.20. The van der Waals surface area contributed by atoms with E-state index < -0.39 is 0 Å². The Bertz CT molecular complexity index is 271. The molecule has 0 heteroatoms. The highest BCUT2D eigenvalue weighted by atomic mass is 14.0. The molecule has 0 aromatic rings. The second-order valence-electron chi connectivity index (χ2n) is 2.20. The van der Waals surface area contributed by atoms with Gasteiger partial charge in [0, 0.05) is 0 Å². The lowest BCUT2D eigenvalue weighted by molar-refractivity contribution is 1.83. The lowest BCUT2D eigenvalue weighted by Crippen LogP contribution is -1.59. The van der Waals surface area contributed by atoms with Crippen LogP contribution < -0.4 is 0 Å². The van der Waals surface area contributed by atoms with Crippen LogP contribution in [0.5, 0.6) is 0 Å². The molecule has 2 aliphatic rings. The Balaban J connectivity index is 2.74. The van der Waals surface area contributed by atoms with Crippen molar-refractivity contribution in [3.05, 3.63) is 48.5 Å². The fourth-order valence-electron chi connectivity index (χ4n) is 1.01. The highest BCUT2D eigenvalue weighted by molar-refractivity contribution is 5.64. The van der Waals surface area contributed by atoms with Crippen LogP contribution in [-0.4, -0.2) is 0 Å². The van der Waals surface area contributed by atoms with Gasteiger partial charge < -0.3 is 0 Å². The Morgan fingerprint density at radius 2 is 1.40 bits per heavy atom. The van der Waals surface area contributed by atoms with Gasteiger partial charge in [0.1, 0.15) is 0 Å². The van der Waals surface area contributed by atoms with Gasteiger partial charge in [-0.3, -0.25) is 0 Å². The van der Waals surface area contributed by atoms with E-state index in [1.807, 2.05) is 36.4 Å². The minimum absolute atomic E-state index is 1.22. The first-order valence-corrected chi connectivity index (χ1v) is 3.23. The summed E-state index contributed by atoms with van der Waals surface area (Å²) in [6.45, 7) is 0. The zero-order valence-electron chi connectivity index (χ0n) is 5.46. The quantitative estimate of drug-likeness (QED) is 0.508. The normalized spacial score (nSPS) is 10.0. The summed E-state index contributed by atoms with van der Waals surface area (Å²) in [5, 5.41) is 0. The molecule has 2 aliphatic carbocycles. The van der Waals surface area contributed by atoms with Gasteiger partial charge in [0.05, 0.1) is 0 Å². The van der Waals surface area contributed by atoms with E-state index >= 15 is 0 Å². The van der Waals surface area contributed by atoms with Crippen LogP contribution in [0.15, 0.2) is 36.4 Å². The molecular weight excluding hydrogens is 120 g/mol. The van der Waals surface area contributed by atoms with E-state index in [0.29, 0.717) is 0 Å². The highest BCUT2D eigenvalue weighted by Gasteiger charge is 1.95. The van der Waals surface area contributed by atoms with Crippen LogP contribution in [-0.2, 0) is 0 Å². The Morgan fingerprint density at radius 1 is 0.800 bits per heavy atom. The molecule has 46 valence electrons. The largest absolute Gasteiger partial charge is 0.0538 e. The van der Waals surface area contributed by atoms with Crippen LogP contribution in [0.4, 0.5) is 0 Å². The summed E-state index contributed by atoms with van der Waals surface area (Å²) in [4.78, 5) is 0. The fraction of sp³-hybridized carbons (Fsp3) is 0. The van der Waals surface area contributed by atoms with Crippen molar-refractivity contribution in [2.45, 2.75) is 0 Å². The number of fused-ring (bicyclic) bond motifs is 1. The minimum atomic E-state index is 1.22. The molecule has 10 heavy (non-hydrogen) atoms. The van der Waals surface area contributed by atoms with Crippen LogP contribution in [0.1, 0.15) is 0 Å². The second kappa shape index (κ2) is 2.14. The molecule has 0 amide bonds. The zero-order valence-corrected chi connectivity index (χ0v) is 5.46. The predicted octanol–water partition coefficient (Wildman–Crippen LogP) is 2.39. The number of rotatable bonds is 0. The van der Waals surface area contributed by atoms with Crippen LogP contribution >= 0.6 is 0 Å². The highest BCUT2D eigenvalue weighted by Crippen LogP contribution is 2.19. The third-order valence-electron chi connectivity index (χ3n) is 1.53. The third-order valence-corrected chi connectivity index (χ3v) is 1.53. The van der Waals surface area contributed by atoms with Crippen LogP contribution in [0.25, 0.3) is 11.1 Å². The topological polar surface area (TPSA) is 0 Å². The van der Waals surface area contributed by atoms with Crippen molar-refractivity contribution in [3.63, 3.8) is 0 Å².